The van der Waals surface area contributed by atoms with E-state index < -0.39 is 0 Å². The number of hydrogen-bond acceptors (Lipinski definition) is 3. The van der Waals surface area contributed by atoms with E-state index in [1.54, 1.807) is 0 Å². The molecular formula is C18H26N2O2. The molecule has 2 aliphatic rings. The number of aliphatic hydroxyl groups is 1. The van der Waals surface area contributed by atoms with Gasteiger partial charge in [-0.05, 0) is 55.9 Å². The summed E-state index contributed by atoms with van der Waals surface area (Å²) in [6.07, 6.45) is 3.72. The SMILES string of the molecule is CC1CCN(C(=O)c2ccc(N3CCC(O)CC3)cc2)CC1. The lowest BCUT2D eigenvalue weighted by molar-refractivity contribution is 0.0697. The smallest absolute Gasteiger partial charge is 0.253 e. The molecule has 22 heavy (non-hydrogen) atoms. The van der Waals surface area contributed by atoms with Crippen LogP contribution in [0, 0.1) is 5.92 Å². The van der Waals surface area contributed by atoms with Crippen LogP contribution < -0.4 is 4.90 Å². The van der Waals surface area contributed by atoms with Gasteiger partial charge in [0.15, 0.2) is 0 Å². The predicted molar refractivity (Wildman–Crippen MR) is 88.2 cm³/mol. The number of amides is 1. The zero-order valence-electron chi connectivity index (χ0n) is 13.4. The summed E-state index contributed by atoms with van der Waals surface area (Å²) in [5.74, 6) is 0.897. The van der Waals surface area contributed by atoms with Gasteiger partial charge in [0.25, 0.3) is 5.91 Å². The Labute approximate surface area is 132 Å². The topological polar surface area (TPSA) is 43.8 Å². The van der Waals surface area contributed by atoms with E-state index in [9.17, 15) is 9.90 Å². The number of carbonyl (C=O) groups excluding carboxylic acids is 1. The Balaban J connectivity index is 1.62. The second kappa shape index (κ2) is 6.69. The van der Waals surface area contributed by atoms with Gasteiger partial charge in [-0.15, -0.1) is 0 Å². The number of likely N-dealkylation sites (tertiary alicyclic amines) is 1. The van der Waals surface area contributed by atoms with E-state index in [2.05, 4.69) is 11.8 Å². The molecule has 0 aliphatic carbocycles. The van der Waals surface area contributed by atoms with Crippen molar-refractivity contribution in [3.63, 3.8) is 0 Å². The second-order valence-electron chi connectivity index (χ2n) is 6.74. The number of benzene rings is 1. The summed E-state index contributed by atoms with van der Waals surface area (Å²) in [5, 5.41) is 9.58. The van der Waals surface area contributed by atoms with Crippen LogP contribution in [0.15, 0.2) is 24.3 Å². The molecule has 1 aromatic carbocycles. The van der Waals surface area contributed by atoms with E-state index in [4.69, 9.17) is 0 Å². The number of carbonyl (C=O) groups is 1. The van der Waals surface area contributed by atoms with E-state index >= 15 is 0 Å². The molecule has 120 valence electrons. The zero-order chi connectivity index (χ0) is 15.5. The molecular weight excluding hydrogens is 276 g/mol. The van der Waals surface area contributed by atoms with Crippen LogP contribution in [0.2, 0.25) is 0 Å². The summed E-state index contributed by atoms with van der Waals surface area (Å²) < 4.78 is 0. The van der Waals surface area contributed by atoms with Crippen LogP contribution >= 0.6 is 0 Å². The number of anilines is 1. The minimum absolute atomic E-state index is 0.154. The molecule has 4 nitrogen and oxygen atoms in total. The summed E-state index contributed by atoms with van der Waals surface area (Å²) in [4.78, 5) is 16.8. The molecule has 2 aliphatic heterocycles. The van der Waals surface area contributed by atoms with Gasteiger partial charge < -0.3 is 14.9 Å². The first kappa shape index (κ1) is 15.3. The molecule has 0 radical (unpaired) electrons. The third-order valence-electron chi connectivity index (χ3n) is 5.01. The maximum absolute atomic E-state index is 12.5. The van der Waals surface area contributed by atoms with E-state index in [0.717, 1.165) is 69.0 Å². The van der Waals surface area contributed by atoms with Crippen molar-refractivity contribution in [3.05, 3.63) is 29.8 Å². The Morgan fingerprint density at radius 2 is 1.59 bits per heavy atom. The number of rotatable bonds is 2. The fourth-order valence-corrected chi connectivity index (χ4v) is 3.33. The van der Waals surface area contributed by atoms with Crippen molar-refractivity contribution in [1.29, 1.82) is 0 Å². The number of nitrogens with zero attached hydrogens (tertiary/aromatic N) is 2. The van der Waals surface area contributed by atoms with Crippen LogP contribution in [-0.2, 0) is 0 Å². The standard InChI is InChI=1S/C18H26N2O2/c1-14-6-10-20(11-7-14)18(22)15-2-4-16(5-3-15)19-12-8-17(21)9-13-19/h2-5,14,17,21H,6-13H2,1H3. The normalized spacial score (nSPS) is 21.2. The quantitative estimate of drug-likeness (QED) is 0.913. The fraction of sp³-hybridized carbons (Fsp3) is 0.611. The molecule has 2 saturated heterocycles. The average Bonchev–Trinajstić information content (AvgIpc) is 2.56. The molecule has 1 N–H and O–H groups in total. The van der Waals surface area contributed by atoms with Crippen molar-refractivity contribution in [3.8, 4) is 0 Å². The first-order valence-corrected chi connectivity index (χ1v) is 8.46. The Morgan fingerprint density at radius 3 is 2.18 bits per heavy atom. The molecule has 0 aromatic heterocycles. The van der Waals surface area contributed by atoms with Gasteiger partial charge in [0.1, 0.15) is 0 Å². The van der Waals surface area contributed by atoms with Crippen LogP contribution in [0.25, 0.3) is 0 Å². The Bertz CT molecular complexity index is 498. The highest BCUT2D eigenvalue weighted by molar-refractivity contribution is 5.94. The maximum atomic E-state index is 12.5. The van der Waals surface area contributed by atoms with Gasteiger partial charge in [-0.25, -0.2) is 0 Å². The van der Waals surface area contributed by atoms with E-state index in [1.807, 2.05) is 29.2 Å². The van der Waals surface area contributed by atoms with Crippen LogP contribution in [0.4, 0.5) is 5.69 Å². The number of hydrogen-bond donors (Lipinski definition) is 1. The number of piperidine rings is 2. The van der Waals surface area contributed by atoms with Crippen molar-refractivity contribution in [2.45, 2.75) is 38.7 Å². The molecule has 0 spiro atoms. The second-order valence-corrected chi connectivity index (χ2v) is 6.74. The Morgan fingerprint density at radius 1 is 1.00 bits per heavy atom. The molecule has 0 saturated carbocycles. The molecule has 2 fully saturated rings. The Hall–Kier alpha value is -1.55. The van der Waals surface area contributed by atoms with E-state index in [1.165, 1.54) is 0 Å². The van der Waals surface area contributed by atoms with E-state index in [0.29, 0.717) is 0 Å². The monoisotopic (exact) mass is 302 g/mol. The lowest BCUT2D eigenvalue weighted by Crippen LogP contribution is -2.38. The molecule has 0 unspecified atom stereocenters. The van der Waals surface area contributed by atoms with Gasteiger partial charge >= 0.3 is 0 Å². The lowest BCUT2D eigenvalue weighted by atomic mass is 9.98. The van der Waals surface area contributed by atoms with Gasteiger partial charge in [-0.2, -0.15) is 0 Å². The highest BCUT2D eigenvalue weighted by Gasteiger charge is 2.22. The summed E-state index contributed by atoms with van der Waals surface area (Å²) in [6, 6.07) is 7.97. The number of aliphatic hydroxyl groups excluding tert-OH is 1. The van der Waals surface area contributed by atoms with Gasteiger partial charge in [-0.3, -0.25) is 4.79 Å². The minimum atomic E-state index is -0.154. The molecule has 0 atom stereocenters. The van der Waals surface area contributed by atoms with Crippen LogP contribution in [-0.4, -0.2) is 48.2 Å². The zero-order valence-corrected chi connectivity index (χ0v) is 13.4. The minimum Gasteiger partial charge on any atom is -0.393 e. The first-order chi connectivity index (χ1) is 10.6. The van der Waals surface area contributed by atoms with Gasteiger partial charge in [0, 0.05) is 37.4 Å². The molecule has 2 heterocycles. The van der Waals surface area contributed by atoms with Crippen LogP contribution in [0.3, 0.4) is 0 Å². The van der Waals surface area contributed by atoms with Crippen molar-refractivity contribution in [2.75, 3.05) is 31.1 Å². The Kier molecular flexibility index (Phi) is 4.67. The average molecular weight is 302 g/mol. The molecule has 0 bridgehead atoms. The fourth-order valence-electron chi connectivity index (χ4n) is 3.33. The van der Waals surface area contributed by atoms with Crippen molar-refractivity contribution in [2.24, 2.45) is 5.92 Å². The maximum Gasteiger partial charge on any atom is 0.253 e. The summed E-state index contributed by atoms with van der Waals surface area (Å²) >= 11 is 0. The molecule has 4 heteroatoms. The first-order valence-electron chi connectivity index (χ1n) is 8.46. The summed E-state index contributed by atoms with van der Waals surface area (Å²) in [7, 11) is 0. The third kappa shape index (κ3) is 3.43. The van der Waals surface area contributed by atoms with Gasteiger partial charge in [0.05, 0.1) is 6.10 Å². The molecule has 1 aromatic rings. The van der Waals surface area contributed by atoms with Crippen molar-refractivity contribution >= 4 is 11.6 Å². The molecule has 3 rings (SSSR count). The van der Waals surface area contributed by atoms with Crippen molar-refractivity contribution in [1.82, 2.24) is 4.90 Å². The predicted octanol–water partition coefficient (Wildman–Crippen LogP) is 2.52. The molecule has 1 amide bonds. The van der Waals surface area contributed by atoms with Gasteiger partial charge in [-0.1, -0.05) is 6.92 Å². The summed E-state index contributed by atoms with van der Waals surface area (Å²) in [5.41, 5.74) is 1.94. The van der Waals surface area contributed by atoms with Crippen molar-refractivity contribution < 1.29 is 9.90 Å². The largest absolute Gasteiger partial charge is 0.393 e. The van der Waals surface area contributed by atoms with Crippen LogP contribution in [0.5, 0.6) is 0 Å². The third-order valence-corrected chi connectivity index (χ3v) is 5.01. The summed E-state index contributed by atoms with van der Waals surface area (Å²) in [6.45, 7) is 5.79. The van der Waals surface area contributed by atoms with Gasteiger partial charge in [0.2, 0.25) is 0 Å². The lowest BCUT2D eigenvalue weighted by Gasteiger charge is -2.32. The van der Waals surface area contributed by atoms with Crippen LogP contribution in [0.1, 0.15) is 43.0 Å². The highest BCUT2D eigenvalue weighted by atomic mass is 16.3. The van der Waals surface area contributed by atoms with E-state index in [-0.39, 0.29) is 12.0 Å². The highest BCUT2D eigenvalue weighted by Crippen LogP contribution is 2.22.